The molecule has 0 aliphatic heterocycles. The van der Waals surface area contributed by atoms with E-state index in [4.69, 9.17) is 4.74 Å². The van der Waals surface area contributed by atoms with Crippen molar-refractivity contribution in [1.82, 2.24) is 0 Å². The standard InChI is InChI=1S/C16H19NO2S/c1-12(17-15-9-8-13(2)20-15)10-16(18)19-11-14-6-4-3-5-7-14/h3-9,12,17H,10-11H2,1-2H3. The number of ether oxygens (including phenoxy) is 1. The van der Waals surface area contributed by atoms with Gasteiger partial charge in [0, 0.05) is 10.9 Å². The lowest BCUT2D eigenvalue weighted by atomic mass is 10.2. The van der Waals surface area contributed by atoms with Crippen molar-refractivity contribution in [2.75, 3.05) is 5.32 Å². The molecule has 0 saturated heterocycles. The molecule has 0 bridgehead atoms. The molecule has 0 aliphatic rings. The van der Waals surface area contributed by atoms with Crippen molar-refractivity contribution >= 4 is 22.3 Å². The van der Waals surface area contributed by atoms with Gasteiger partial charge in [0.1, 0.15) is 6.61 Å². The van der Waals surface area contributed by atoms with E-state index in [-0.39, 0.29) is 12.0 Å². The summed E-state index contributed by atoms with van der Waals surface area (Å²) >= 11 is 1.69. The van der Waals surface area contributed by atoms with E-state index >= 15 is 0 Å². The van der Waals surface area contributed by atoms with Gasteiger partial charge in [-0.3, -0.25) is 4.79 Å². The molecule has 0 amide bonds. The van der Waals surface area contributed by atoms with Crippen LogP contribution in [-0.2, 0) is 16.1 Å². The second-order valence-corrected chi connectivity index (χ2v) is 6.09. The number of hydrogen-bond acceptors (Lipinski definition) is 4. The predicted octanol–water partition coefficient (Wildman–Crippen LogP) is 3.99. The van der Waals surface area contributed by atoms with Crippen LogP contribution in [0, 0.1) is 6.92 Å². The highest BCUT2D eigenvalue weighted by atomic mass is 32.1. The Morgan fingerprint density at radius 2 is 2.00 bits per heavy atom. The summed E-state index contributed by atoms with van der Waals surface area (Å²) in [6.07, 6.45) is 0.365. The first-order chi connectivity index (χ1) is 9.63. The van der Waals surface area contributed by atoms with E-state index in [1.165, 1.54) is 4.88 Å². The lowest BCUT2D eigenvalue weighted by Gasteiger charge is -2.13. The van der Waals surface area contributed by atoms with Crippen LogP contribution in [-0.4, -0.2) is 12.0 Å². The average molecular weight is 289 g/mol. The Balaban J connectivity index is 1.73. The van der Waals surface area contributed by atoms with E-state index in [0.29, 0.717) is 13.0 Å². The van der Waals surface area contributed by atoms with Gasteiger partial charge in [0.15, 0.2) is 0 Å². The third kappa shape index (κ3) is 4.70. The Morgan fingerprint density at radius 3 is 2.65 bits per heavy atom. The van der Waals surface area contributed by atoms with Crippen LogP contribution in [0.4, 0.5) is 5.00 Å². The van der Waals surface area contributed by atoms with Crippen molar-refractivity contribution in [3.05, 3.63) is 52.9 Å². The lowest BCUT2D eigenvalue weighted by Crippen LogP contribution is -2.20. The Hall–Kier alpha value is -1.81. The summed E-state index contributed by atoms with van der Waals surface area (Å²) in [5, 5.41) is 4.40. The van der Waals surface area contributed by atoms with Crippen LogP contribution in [0.1, 0.15) is 23.8 Å². The van der Waals surface area contributed by atoms with Crippen LogP contribution in [0.5, 0.6) is 0 Å². The van der Waals surface area contributed by atoms with Crippen LogP contribution in [0.15, 0.2) is 42.5 Å². The van der Waals surface area contributed by atoms with Crippen LogP contribution >= 0.6 is 11.3 Å². The molecule has 1 unspecified atom stereocenters. The van der Waals surface area contributed by atoms with Crippen LogP contribution < -0.4 is 5.32 Å². The SMILES string of the molecule is Cc1ccc(NC(C)CC(=O)OCc2ccccc2)s1. The number of aryl methyl sites for hydroxylation is 1. The van der Waals surface area contributed by atoms with Crippen LogP contribution in [0.25, 0.3) is 0 Å². The topological polar surface area (TPSA) is 38.3 Å². The fraction of sp³-hybridized carbons (Fsp3) is 0.312. The first-order valence-electron chi connectivity index (χ1n) is 6.66. The van der Waals surface area contributed by atoms with Crippen molar-refractivity contribution in [3.8, 4) is 0 Å². The molecule has 20 heavy (non-hydrogen) atoms. The molecule has 0 radical (unpaired) electrons. The zero-order valence-corrected chi connectivity index (χ0v) is 12.6. The third-order valence-corrected chi connectivity index (χ3v) is 3.78. The maximum absolute atomic E-state index is 11.8. The maximum Gasteiger partial charge on any atom is 0.308 e. The minimum Gasteiger partial charge on any atom is -0.461 e. The van der Waals surface area contributed by atoms with Gasteiger partial charge < -0.3 is 10.1 Å². The summed E-state index contributed by atoms with van der Waals surface area (Å²) in [5.74, 6) is -0.179. The van der Waals surface area contributed by atoms with Crippen molar-refractivity contribution in [1.29, 1.82) is 0 Å². The molecule has 1 N–H and O–H groups in total. The first kappa shape index (κ1) is 14.6. The molecule has 0 fully saturated rings. The Kier molecular flexibility index (Phi) is 5.18. The van der Waals surface area contributed by atoms with Gasteiger partial charge in [0.2, 0.25) is 0 Å². The van der Waals surface area contributed by atoms with Gasteiger partial charge in [-0.25, -0.2) is 0 Å². The van der Waals surface area contributed by atoms with E-state index in [2.05, 4.69) is 18.3 Å². The van der Waals surface area contributed by atoms with E-state index in [1.54, 1.807) is 11.3 Å². The van der Waals surface area contributed by atoms with Crippen molar-refractivity contribution in [2.24, 2.45) is 0 Å². The molecule has 1 heterocycles. The number of esters is 1. The Morgan fingerprint density at radius 1 is 1.25 bits per heavy atom. The van der Waals surface area contributed by atoms with Gasteiger partial charge >= 0.3 is 5.97 Å². The predicted molar refractivity (Wildman–Crippen MR) is 83.0 cm³/mol. The van der Waals surface area contributed by atoms with Crippen LogP contribution in [0.3, 0.4) is 0 Å². The second-order valence-electron chi connectivity index (χ2n) is 4.81. The number of anilines is 1. The number of benzene rings is 1. The van der Waals surface area contributed by atoms with Gasteiger partial charge in [-0.2, -0.15) is 0 Å². The van der Waals surface area contributed by atoms with Crippen molar-refractivity contribution in [3.63, 3.8) is 0 Å². The van der Waals surface area contributed by atoms with Gasteiger partial charge in [-0.15, -0.1) is 11.3 Å². The molecule has 106 valence electrons. The van der Waals surface area contributed by atoms with Crippen molar-refractivity contribution in [2.45, 2.75) is 32.9 Å². The normalized spacial score (nSPS) is 11.9. The van der Waals surface area contributed by atoms with Gasteiger partial charge in [0.25, 0.3) is 0 Å². The molecule has 0 saturated carbocycles. The summed E-state index contributed by atoms with van der Waals surface area (Å²) in [6, 6.07) is 13.9. The molecule has 2 rings (SSSR count). The summed E-state index contributed by atoms with van der Waals surface area (Å²) < 4.78 is 5.27. The largest absolute Gasteiger partial charge is 0.461 e. The molecular formula is C16H19NO2S. The maximum atomic E-state index is 11.8. The second kappa shape index (κ2) is 7.10. The number of carbonyl (C=O) groups excluding carboxylic acids is 1. The first-order valence-corrected chi connectivity index (χ1v) is 7.47. The van der Waals surface area contributed by atoms with E-state index in [1.807, 2.05) is 43.3 Å². The molecule has 0 aliphatic carbocycles. The smallest absolute Gasteiger partial charge is 0.308 e. The highest BCUT2D eigenvalue weighted by molar-refractivity contribution is 7.16. The monoisotopic (exact) mass is 289 g/mol. The quantitative estimate of drug-likeness (QED) is 0.817. The fourth-order valence-corrected chi connectivity index (χ4v) is 2.73. The minimum atomic E-state index is -0.179. The minimum absolute atomic E-state index is 0.0660. The Bertz CT molecular complexity index is 551. The number of nitrogens with one attached hydrogen (secondary N) is 1. The molecule has 1 aromatic carbocycles. The number of thiophene rings is 1. The summed E-state index contributed by atoms with van der Waals surface area (Å²) in [7, 11) is 0. The highest BCUT2D eigenvalue weighted by Crippen LogP contribution is 2.21. The molecule has 4 heteroatoms. The lowest BCUT2D eigenvalue weighted by molar-refractivity contribution is -0.145. The summed E-state index contributed by atoms with van der Waals surface area (Å²) in [4.78, 5) is 13.0. The molecular weight excluding hydrogens is 270 g/mol. The molecule has 0 spiro atoms. The van der Waals surface area contributed by atoms with Gasteiger partial charge in [-0.05, 0) is 31.5 Å². The molecule has 1 aromatic heterocycles. The summed E-state index contributed by atoms with van der Waals surface area (Å²) in [5.41, 5.74) is 1.01. The zero-order valence-electron chi connectivity index (χ0n) is 11.8. The third-order valence-electron chi connectivity index (χ3n) is 2.84. The highest BCUT2D eigenvalue weighted by Gasteiger charge is 2.11. The molecule has 2 aromatic rings. The van der Waals surface area contributed by atoms with E-state index in [9.17, 15) is 4.79 Å². The van der Waals surface area contributed by atoms with Crippen molar-refractivity contribution < 1.29 is 9.53 Å². The van der Waals surface area contributed by atoms with E-state index in [0.717, 1.165) is 10.6 Å². The number of hydrogen-bond donors (Lipinski definition) is 1. The van der Waals surface area contributed by atoms with Gasteiger partial charge in [-0.1, -0.05) is 30.3 Å². The van der Waals surface area contributed by atoms with Gasteiger partial charge in [0.05, 0.1) is 11.4 Å². The number of carbonyl (C=O) groups is 1. The van der Waals surface area contributed by atoms with Crippen LogP contribution in [0.2, 0.25) is 0 Å². The van der Waals surface area contributed by atoms with E-state index < -0.39 is 0 Å². The fourth-order valence-electron chi connectivity index (χ4n) is 1.85. The number of rotatable bonds is 6. The zero-order chi connectivity index (χ0) is 14.4. The Labute approximate surface area is 123 Å². The molecule has 3 nitrogen and oxygen atoms in total. The average Bonchev–Trinajstić information content (AvgIpc) is 2.83. The summed E-state index contributed by atoms with van der Waals surface area (Å²) in [6.45, 7) is 4.39. The molecule has 1 atom stereocenters.